The van der Waals surface area contributed by atoms with Gasteiger partial charge in [0.25, 0.3) is 0 Å². The normalized spacial score (nSPS) is 15.5. The van der Waals surface area contributed by atoms with E-state index in [9.17, 15) is 4.79 Å². The third-order valence-corrected chi connectivity index (χ3v) is 3.72. The van der Waals surface area contributed by atoms with Gasteiger partial charge in [-0.2, -0.15) is 10.1 Å². The Balaban J connectivity index is 1.50. The molecule has 1 fully saturated rings. The molecular weight excluding hydrogens is 272 g/mol. The summed E-state index contributed by atoms with van der Waals surface area (Å²) in [5.41, 5.74) is 0. The van der Waals surface area contributed by atoms with Crippen molar-refractivity contribution in [3.8, 4) is 0 Å². The summed E-state index contributed by atoms with van der Waals surface area (Å²) >= 11 is 0. The van der Waals surface area contributed by atoms with Crippen LogP contribution in [0.25, 0.3) is 0 Å². The first kappa shape index (κ1) is 13.7. The quantitative estimate of drug-likeness (QED) is 0.894. The van der Waals surface area contributed by atoms with Crippen molar-refractivity contribution < 1.29 is 9.21 Å². The molecule has 0 spiro atoms. The molecule has 0 radical (unpaired) electrons. The summed E-state index contributed by atoms with van der Waals surface area (Å²) in [6.07, 6.45) is 6.79. The fourth-order valence-corrected chi connectivity index (χ4v) is 2.52. The van der Waals surface area contributed by atoms with Crippen LogP contribution < -0.4 is 5.32 Å². The monoisotopic (exact) mass is 290 g/mol. The predicted molar refractivity (Wildman–Crippen MR) is 73.5 cm³/mol. The van der Waals surface area contributed by atoms with E-state index in [4.69, 9.17) is 4.42 Å². The molecule has 8 heteroatoms. The summed E-state index contributed by atoms with van der Waals surface area (Å²) in [4.78, 5) is 15.8. The largest absolute Gasteiger partial charge is 0.425 e. The zero-order valence-electron chi connectivity index (χ0n) is 11.9. The summed E-state index contributed by atoms with van der Waals surface area (Å²) in [5.74, 6) is 1.92. The molecular formula is C13H18N6O2. The summed E-state index contributed by atoms with van der Waals surface area (Å²) in [5, 5.41) is 14.7. The van der Waals surface area contributed by atoms with E-state index in [0.29, 0.717) is 24.2 Å². The number of nitrogens with one attached hydrogen (secondary N) is 1. The van der Waals surface area contributed by atoms with E-state index < -0.39 is 0 Å². The number of rotatable bonds is 5. The van der Waals surface area contributed by atoms with Gasteiger partial charge in [-0.1, -0.05) is 12.8 Å². The van der Waals surface area contributed by atoms with Crippen molar-refractivity contribution in [2.24, 2.45) is 7.05 Å². The van der Waals surface area contributed by atoms with Crippen molar-refractivity contribution in [1.82, 2.24) is 25.0 Å². The first-order chi connectivity index (χ1) is 10.2. The molecule has 8 nitrogen and oxygen atoms in total. The number of amides is 1. The molecule has 21 heavy (non-hydrogen) atoms. The van der Waals surface area contributed by atoms with Crippen LogP contribution in [0, 0.1) is 0 Å². The number of anilines is 1. The van der Waals surface area contributed by atoms with Crippen molar-refractivity contribution >= 4 is 11.9 Å². The third kappa shape index (κ3) is 3.26. The highest BCUT2D eigenvalue weighted by Crippen LogP contribution is 2.33. The minimum absolute atomic E-state index is 0.147. The smallest absolute Gasteiger partial charge is 0.227 e. The predicted octanol–water partition coefficient (Wildman–Crippen LogP) is 1.43. The first-order valence-electron chi connectivity index (χ1n) is 7.18. The highest BCUT2D eigenvalue weighted by Gasteiger charge is 2.22. The molecule has 3 rings (SSSR count). The van der Waals surface area contributed by atoms with Crippen LogP contribution in [0.5, 0.6) is 0 Å². The van der Waals surface area contributed by atoms with Gasteiger partial charge in [0, 0.05) is 25.8 Å². The molecule has 2 aromatic heterocycles. The number of carbonyl (C=O) groups is 1. The van der Waals surface area contributed by atoms with Gasteiger partial charge in [0.15, 0.2) is 0 Å². The van der Waals surface area contributed by atoms with Crippen LogP contribution in [0.2, 0.25) is 0 Å². The zero-order chi connectivity index (χ0) is 14.7. The molecule has 0 aliphatic heterocycles. The second kappa shape index (κ2) is 6.02. The SMILES string of the molecule is Cn1ncnc1NC(=O)CCc1nnc(C2CCCC2)o1. The molecule has 0 atom stereocenters. The molecule has 2 aromatic rings. The topological polar surface area (TPSA) is 98.7 Å². The van der Waals surface area contributed by atoms with E-state index in [0.717, 1.165) is 18.7 Å². The summed E-state index contributed by atoms with van der Waals surface area (Å²) in [6, 6.07) is 0. The number of hydrogen-bond acceptors (Lipinski definition) is 6. The van der Waals surface area contributed by atoms with Crippen LogP contribution in [0.3, 0.4) is 0 Å². The van der Waals surface area contributed by atoms with E-state index in [1.807, 2.05) is 0 Å². The minimum Gasteiger partial charge on any atom is -0.425 e. The maximum atomic E-state index is 11.8. The fourth-order valence-electron chi connectivity index (χ4n) is 2.52. The van der Waals surface area contributed by atoms with E-state index in [2.05, 4.69) is 25.6 Å². The third-order valence-electron chi connectivity index (χ3n) is 3.72. The van der Waals surface area contributed by atoms with Gasteiger partial charge in [-0.15, -0.1) is 10.2 Å². The summed E-state index contributed by atoms with van der Waals surface area (Å²) in [6.45, 7) is 0. The van der Waals surface area contributed by atoms with Gasteiger partial charge < -0.3 is 4.42 Å². The molecule has 1 N–H and O–H groups in total. The first-order valence-corrected chi connectivity index (χ1v) is 7.18. The molecule has 0 aromatic carbocycles. The van der Waals surface area contributed by atoms with Crippen LogP contribution >= 0.6 is 0 Å². The molecule has 1 amide bonds. The highest BCUT2D eigenvalue weighted by molar-refractivity contribution is 5.88. The van der Waals surface area contributed by atoms with Crippen molar-refractivity contribution in [2.75, 3.05) is 5.32 Å². The molecule has 0 unspecified atom stereocenters. The fraction of sp³-hybridized carbons (Fsp3) is 0.615. The standard InChI is InChI=1S/C13H18N6O2/c1-19-13(14-8-15-19)16-10(20)6-7-11-17-18-12(21-11)9-4-2-3-5-9/h8-9H,2-7H2,1H3,(H,14,15,16,20). The average Bonchev–Trinajstić information content (AvgIpc) is 3.18. The zero-order valence-corrected chi connectivity index (χ0v) is 11.9. The average molecular weight is 290 g/mol. The molecule has 112 valence electrons. The minimum atomic E-state index is -0.147. The Morgan fingerprint density at radius 1 is 1.43 bits per heavy atom. The molecule has 0 bridgehead atoms. The Bertz CT molecular complexity index is 614. The van der Waals surface area contributed by atoms with Gasteiger partial charge in [0.05, 0.1) is 0 Å². The molecule has 1 saturated carbocycles. The summed E-state index contributed by atoms with van der Waals surface area (Å²) in [7, 11) is 1.72. The van der Waals surface area contributed by atoms with Gasteiger partial charge in [-0.05, 0) is 12.8 Å². The van der Waals surface area contributed by atoms with Gasteiger partial charge in [0.2, 0.25) is 23.6 Å². The lowest BCUT2D eigenvalue weighted by Crippen LogP contribution is -2.15. The van der Waals surface area contributed by atoms with E-state index in [1.54, 1.807) is 7.05 Å². The Morgan fingerprint density at radius 2 is 2.24 bits per heavy atom. The second-order valence-electron chi connectivity index (χ2n) is 5.27. The molecule has 1 aliphatic carbocycles. The Labute approximate surface area is 122 Å². The maximum Gasteiger partial charge on any atom is 0.227 e. The van der Waals surface area contributed by atoms with Gasteiger partial charge in [0.1, 0.15) is 6.33 Å². The Morgan fingerprint density at radius 3 is 2.95 bits per heavy atom. The van der Waals surface area contributed by atoms with Crippen LogP contribution in [-0.2, 0) is 18.3 Å². The van der Waals surface area contributed by atoms with Crippen LogP contribution in [0.1, 0.15) is 49.8 Å². The lowest BCUT2D eigenvalue weighted by Gasteiger charge is -2.02. The maximum absolute atomic E-state index is 11.8. The number of aromatic nitrogens is 5. The number of carbonyl (C=O) groups excluding carboxylic acids is 1. The van der Waals surface area contributed by atoms with Gasteiger partial charge in [-0.25, -0.2) is 4.68 Å². The summed E-state index contributed by atoms with van der Waals surface area (Å²) < 4.78 is 7.14. The van der Waals surface area contributed by atoms with Crippen LogP contribution in [0.4, 0.5) is 5.95 Å². The molecule has 0 saturated heterocycles. The van der Waals surface area contributed by atoms with E-state index in [1.165, 1.54) is 23.9 Å². The number of aryl methyl sites for hydroxylation is 2. The molecule has 2 heterocycles. The van der Waals surface area contributed by atoms with Gasteiger partial charge >= 0.3 is 0 Å². The van der Waals surface area contributed by atoms with Gasteiger partial charge in [-0.3, -0.25) is 10.1 Å². The van der Waals surface area contributed by atoms with Crippen LogP contribution in [0.15, 0.2) is 10.7 Å². The van der Waals surface area contributed by atoms with E-state index >= 15 is 0 Å². The van der Waals surface area contributed by atoms with Crippen molar-refractivity contribution in [3.63, 3.8) is 0 Å². The molecule has 1 aliphatic rings. The van der Waals surface area contributed by atoms with Crippen LogP contribution in [-0.4, -0.2) is 30.9 Å². The van der Waals surface area contributed by atoms with Crippen molar-refractivity contribution in [1.29, 1.82) is 0 Å². The second-order valence-corrected chi connectivity index (χ2v) is 5.27. The Hall–Kier alpha value is -2.25. The van der Waals surface area contributed by atoms with Crippen molar-refractivity contribution in [2.45, 2.75) is 44.4 Å². The van der Waals surface area contributed by atoms with Crippen molar-refractivity contribution in [3.05, 3.63) is 18.1 Å². The number of hydrogen-bond donors (Lipinski definition) is 1. The highest BCUT2D eigenvalue weighted by atomic mass is 16.4. The lowest BCUT2D eigenvalue weighted by atomic mass is 10.1. The van der Waals surface area contributed by atoms with E-state index in [-0.39, 0.29) is 12.3 Å². The lowest BCUT2D eigenvalue weighted by molar-refractivity contribution is -0.116. The number of nitrogens with zero attached hydrogens (tertiary/aromatic N) is 5. The Kier molecular flexibility index (Phi) is 3.94.